The van der Waals surface area contributed by atoms with Crippen molar-refractivity contribution in [1.82, 2.24) is 0 Å². The van der Waals surface area contributed by atoms with E-state index in [1.54, 1.807) is 0 Å². The molecule has 2 heteroatoms. The van der Waals surface area contributed by atoms with Crippen LogP contribution in [0.3, 0.4) is 0 Å². The summed E-state index contributed by atoms with van der Waals surface area (Å²) < 4.78 is 1.24. The van der Waals surface area contributed by atoms with Crippen LogP contribution in [0.1, 0.15) is 12.0 Å². The number of hydrogen-bond acceptors (Lipinski definition) is 1. The maximum absolute atomic E-state index is 8.33. The van der Waals surface area contributed by atoms with Crippen LogP contribution in [0.2, 0.25) is 0 Å². The smallest absolute Gasteiger partial charge is 0.0625 e. The van der Waals surface area contributed by atoms with Gasteiger partial charge in [-0.1, -0.05) is 12.1 Å². The topological polar surface area (TPSA) is 23.8 Å². The molecule has 0 amide bonds. The first-order valence-corrected chi connectivity index (χ1v) is 4.52. The van der Waals surface area contributed by atoms with E-state index in [0.717, 1.165) is 6.42 Å². The van der Waals surface area contributed by atoms with Crippen LogP contribution >= 0.6 is 22.6 Å². The van der Waals surface area contributed by atoms with E-state index in [9.17, 15) is 0 Å². The van der Waals surface area contributed by atoms with E-state index in [-0.39, 0.29) is 0 Å². The molecule has 0 atom stereocenters. The molecule has 0 aliphatic rings. The van der Waals surface area contributed by atoms with Gasteiger partial charge in [0.25, 0.3) is 0 Å². The van der Waals surface area contributed by atoms with Crippen LogP contribution in [-0.2, 0) is 6.42 Å². The number of nitrogens with zero attached hydrogens (tertiary/aromatic N) is 1. The fraction of sp³-hybridized carbons (Fsp3) is 0.222. The van der Waals surface area contributed by atoms with Gasteiger partial charge < -0.3 is 0 Å². The third-order valence-electron chi connectivity index (χ3n) is 1.44. The highest BCUT2D eigenvalue weighted by Gasteiger charge is 1.90. The van der Waals surface area contributed by atoms with E-state index < -0.39 is 0 Å². The van der Waals surface area contributed by atoms with Gasteiger partial charge in [-0.15, -0.1) is 0 Å². The molecule has 0 saturated heterocycles. The average Bonchev–Trinajstić information content (AvgIpc) is 2.04. The van der Waals surface area contributed by atoms with E-state index in [4.69, 9.17) is 5.26 Å². The number of aryl methyl sites for hydroxylation is 1. The molecule has 0 aliphatic carbocycles. The Labute approximate surface area is 80.2 Å². The summed E-state index contributed by atoms with van der Waals surface area (Å²) in [5, 5.41) is 8.33. The lowest BCUT2D eigenvalue weighted by Crippen LogP contribution is -1.82. The summed E-state index contributed by atoms with van der Waals surface area (Å²) in [6.07, 6.45) is 1.48. The number of nitriles is 1. The van der Waals surface area contributed by atoms with Gasteiger partial charge in [-0.25, -0.2) is 0 Å². The van der Waals surface area contributed by atoms with E-state index in [1.807, 2.05) is 0 Å². The third-order valence-corrected chi connectivity index (χ3v) is 2.16. The van der Waals surface area contributed by atoms with Crippen LogP contribution in [0.4, 0.5) is 0 Å². The van der Waals surface area contributed by atoms with Crippen molar-refractivity contribution in [2.24, 2.45) is 0 Å². The fourth-order valence-electron chi connectivity index (χ4n) is 0.851. The number of rotatable bonds is 2. The second-order valence-electron chi connectivity index (χ2n) is 2.28. The lowest BCUT2D eigenvalue weighted by Gasteiger charge is -1.95. The molecule has 0 fully saturated rings. The summed E-state index contributed by atoms with van der Waals surface area (Å²) in [6.45, 7) is 0. The first-order valence-electron chi connectivity index (χ1n) is 3.44. The minimum absolute atomic E-state index is 0.612. The highest BCUT2D eigenvalue weighted by molar-refractivity contribution is 14.1. The number of halogens is 1. The Morgan fingerprint density at radius 3 is 2.45 bits per heavy atom. The highest BCUT2D eigenvalue weighted by atomic mass is 127. The summed E-state index contributed by atoms with van der Waals surface area (Å²) in [6, 6.07) is 10.4. The molecule has 0 heterocycles. The van der Waals surface area contributed by atoms with Crippen LogP contribution in [0, 0.1) is 14.9 Å². The van der Waals surface area contributed by atoms with Crippen molar-refractivity contribution in [2.75, 3.05) is 0 Å². The van der Waals surface area contributed by atoms with Crippen molar-refractivity contribution in [3.63, 3.8) is 0 Å². The summed E-state index contributed by atoms with van der Waals surface area (Å²) in [7, 11) is 0. The van der Waals surface area contributed by atoms with Gasteiger partial charge in [-0.05, 0) is 46.7 Å². The van der Waals surface area contributed by atoms with Gasteiger partial charge >= 0.3 is 0 Å². The minimum Gasteiger partial charge on any atom is -0.198 e. The molecular weight excluding hydrogens is 249 g/mol. The Morgan fingerprint density at radius 1 is 1.27 bits per heavy atom. The molecule has 56 valence electrons. The second-order valence-corrected chi connectivity index (χ2v) is 3.53. The van der Waals surface area contributed by atoms with E-state index in [0.29, 0.717) is 6.42 Å². The SMILES string of the molecule is N#CCCc1ccc(I)cc1. The Hall–Kier alpha value is -0.560. The van der Waals surface area contributed by atoms with Crippen LogP contribution in [0.25, 0.3) is 0 Å². The van der Waals surface area contributed by atoms with E-state index in [1.165, 1.54) is 9.13 Å². The second kappa shape index (κ2) is 4.35. The predicted octanol–water partition coefficient (Wildman–Crippen LogP) is 2.75. The maximum atomic E-state index is 8.33. The zero-order chi connectivity index (χ0) is 8.10. The average molecular weight is 257 g/mol. The number of benzene rings is 1. The van der Waals surface area contributed by atoms with Gasteiger partial charge in [-0.3, -0.25) is 0 Å². The van der Waals surface area contributed by atoms with Gasteiger partial charge in [0.05, 0.1) is 6.07 Å². The zero-order valence-corrected chi connectivity index (χ0v) is 8.21. The molecular formula is C9H8IN. The normalized spacial score (nSPS) is 9.09. The molecule has 0 N–H and O–H groups in total. The van der Waals surface area contributed by atoms with Crippen LogP contribution < -0.4 is 0 Å². The van der Waals surface area contributed by atoms with Gasteiger partial charge in [0.2, 0.25) is 0 Å². The Morgan fingerprint density at radius 2 is 1.91 bits per heavy atom. The standard InChI is InChI=1S/C9H8IN/c10-9-5-3-8(4-6-9)2-1-7-11/h3-6H,1-2H2. The molecule has 1 aromatic carbocycles. The third kappa shape index (κ3) is 2.89. The predicted molar refractivity (Wildman–Crippen MR) is 53.1 cm³/mol. The van der Waals surface area contributed by atoms with Crippen molar-refractivity contribution in [2.45, 2.75) is 12.8 Å². The van der Waals surface area contributed by atoms with Crippen LogP contribution in [-0.4, -0.2) is 0 Å². The zero-order valence-electron chi connectivity index (χ0n) is 6.05. The quantitative estimate of drug-likeness (QED) is 0.747. The maximum Gasteiger partial charge on any atom is 0.0625 e. The van der Waals surface area contributed by atoms with Gasteiger partial charge in [0.15, 0.2) is 0 Å². The molecule has 1 aromatic rings. The summed E-state index contributed by atoms with van der Waals surface area (Å²) in [5.41, 5.74) is 1.24. The van der Waals surface area contributed by atoms with Crippen molar-refractivity contribution >= 4 is 22.6 Å². The molecule has 1 nitrogen and oxygen atoms in total. The minimum atomic E-state index is 0.612. The molecule has 0 saturated carbocycles. The van der Waals surface area contributed by atoms with E-state index >= 15 is 0 Å². The summed E-state index contributed by atoms with van der Waals surface area (Å²) in [4.78, 5) is 0. The first kappa shape index (κ1) is 8.54. The lowest BCUT2D eigenvalue weighted by atomic mass is 10.1. The van der Waals surface area contributed by atoms with Crippen LogP contribution in [0.15, 0.2) is 24.3 Å². The Balaban J connectivity index is 2.60. The van der Waals surface area contributed by atoms with E-state index in [2.05, 4.69) is 52.9 Å². The van der Waals surface area contributed by atoms with Gasteiger partial charge in [0, 0.05) is 9.99 Å². The van der Waals surface area contributed by atoms with Crippen molar-refractivity contribution in [3.05, 3.63) is 33.4 Å². The molecule has 0 radical (unpaired) electrons. The Bertz CT molecular complexity index is 258. The van der Waals surface area contributed by atoms with Crippen molar-refractivity contribution in [1.29, 1.82) is 5.26 Å². The fourth-order valence-corrected chi connectivity index (χ4v) is 1.21. The van der Waals surface area contributed by atoms with Crippen molar-refractivity contribution < 1.29 is 0 Å². The van der Waals surface area contributed by atoms with Gasteiger partial charge in [-0.2, -0.15) is 5.26 Å². The molecule has 0 bridgehead atoms. The monoisotopic (exact) mass is 257 g/mol. The molecule has 0 aromatic heterocycles. The molecule has 0 spiro atoms. The number of hydrogen-bond donors (Lipinski definition) is 0. The summed E-state index contributed by atoms with van der Waals surface area (Å²) in [5.74, 6) is 0. The van der Waals surface area contributed by atoms with Crippen LogP contribution in [0.5, 0.6) is 0 Å². The highest BCUT2D eigenvalue weighted by Crippen LogP contribution is 2.07. The largest absolute Gasteiger partial charge is 0.198 e. The summed E-state index contributed by atoms with van der Waals surface area (Å²) >= 11 is 2.27. The Kier molecular flexibility index (Phi) is 3.37. The molecule has 0 unspecified atom stereocenters. The first-order chi connectivity index (χ1) is 5.33. The van der Waals surface area contributed by atoms with Gasteiger partial charge in [0.1, 0.15) is 0 Å². The molecule has 0 aliphatic heterocycles. The molecule has 1 rings (SSSR count). The lowest BCUT2D eigenvalue weighted by molar-refractivity contribution is 1.01. The van der Waals surface area contributed by atoms with Crippen molar-refractivity contribution in [3.8, 4) is 6.07 Å². The molecule has 11 heavy (non-hydrogen) atoms.